The van der Waals surface area contributed by atoms with Crippen LogP contribution in [0.15, 0.2) is 6.20 Å². The molecule has 0 aliphatic carbocycles. The second kappa shape index (κ2) is 6.22. The highest BCUT2D eigenvalue weighted by atomic mass is 35.5. The lowest BCUT2D eigenvalue weighted by atomic mass is 10.2. The summed E-state index contributed by atoms with van der Waals surface area (Å²) >= 11 is 7.06. The van der Waals surface area contributed by atoms with Crippen molar-refractivity contribution in [3.8, 4) is 0 Å². The van der Waals surface area contributed by atoms with Crippen molar-refractivity contribution in [2.24, 2.45) is 0 Å². The molecule has 0 fully saturated rings. The van der Waals surface area contributed by atoms with E-state index >= 15 is 0 Å². The number of anilines is 1. The van der Waals surface area contributed by atoms with Gasteiger partial charge in [-0.1, -0.05) is 0 Å². The van der Waals surface area contributed by atoms with Gasteiger partial charge in [-0.25, -0.2) is 9.37 Å². The Bertz CT molecular complexity index is 352. The highest BCUT2D eigenvalue weighted by molar-refractivity contribution is 7.99. The molecule has 1 rings (SSSR count). The summed E-state index contributed by atoms with van der Waals surface area (Å²) in [4.78, 5) is 7.26. The number of nitrogens with one attached hydrogen (secondary N) is 1. The minimum absolute atomic E-state index is 0.00969. The van der Waals surface area contributed by atoms with E-state index in [0.29, 0.717) is 0 Å². The second-order valence-corrected chi connectivity index (χ2v) is 4.64. The smallest absolute Gasteiger partial charge is 0.224 e. The zero-order chi connectivity index (χ0) is 12.1. The van der Waals surface area contributed by atoms with Crippen LogP contribution in [-0.4, -0.2) is 39.2 Å². The molecule has 0 amide bonds. The maximum Gasteiger partial charge on any atom is 0.224 e. The number of thioether (sulfide) groups is 1. The lowest BCUT2D eigenvalue weighted by Gasteiger charge is -2.21. The molecule has 90 valence electrons. The Hall–Kier alpha value is -0.590. The molecule has 0 aliphatic rings. The topological polar surface area (TPSA) is 58.0 Å². The van der Waals surface area contributed by atoms with E-state index in [9.17, 15) is 4.39 Å². The third-order valence-corrected chi connectivity index (χ3v) is 3.46. The first-order valence-electron chi connectivity index (χ1n) is 4.66. The van der Waals surface area contributed by atoms with E-state index in [-0.39, 0.29) is 29.0 Å². The molecule has 16 heavy (non-hydrogen) atoms. The number of nitrogens with zero attached hydrogens (tertiary/aromatic N) is 2. The molecule has 1 heterocycles. The summed E-state index contributed by atoms with van der Waals surface area (Å²) in [5, 5.41) is 11.9. The molecular weight excluding hydrogens is 253 g/mol. The minimum atomic E-state index is -0.561. The monoisotopic (exact) mass is 265 g/mol. The first-order valence-corrected chi connectivity index (χ1v) is 6.33. The number of aliphatic hydroxyl groups excluding tert-OH is 1. The summed E-state index contributed by atoms with van der Waals surface area (Å²) in [6.07, 6.45) is 2.89. The first-order chi connectivity index (χ1) is 7.58. The van der Waals surface area contributed by atoms with Crippen molar-refractivity contribution in [2.75, 3.05) is 18.2 Å². The van der Waals surface area contributed by atoms with Crippen LogP contribution in [0.2, 0.25) is 5.28 Å². The third-order valence-electron chi connectivity index (χ3n) is 2.12. The van der Waals surface area contributed by atoms with Crippen LogP contribution >= 0.6 is 23.4 Å². The van der Waals surface area contributed by atoms with Gasteiger partial charge in [0.05, 0.1) is 12.8 Å². The third kappa shape index (κ3) is 3.47. The van der Waals surface area contributed by atoms with Gasteiger partial charge in [0.25, 0.3) is 0 Å². The molecule has 0 aliphatic heterocycles. The van der Waals surface area contributed by atoms with Crippen molar-refractivity contribution in [1.29, 1.82) is 0 Å². The molecule has 2 unspecified atom stereocenters. The number of aromatic nitrogens is 2. The van der Waals surface area contributed by atoms with Gasteiger partial charge in [-0.05, 0) is 24.8 Å². The molecule has 7 heteroatoms. The SMILES string of the molecule is CSC(CO)C(C)Nc1nc(Cl)ncc1F. The standard InChI is InChI=1S/C9H13ClFN3OS/c1-5(7(4-15)16-2)13-8-6(11)3-12-9(10)14-8/h3,5,7,15H,4H2,1-2H3,(H,12,13,14). The fourth-order valence-corrected chi connectivity index (χ4v) is 1.95. The maximum atomic E-state index is 13.3. The van der Waals surface area contributed by atoms with Gasteiger partial charge in [0.1, 0.15) is 0 Å². The zero-order valence-electron chi connectivity index (χ0n) is 8.94. The van der Waals surface area contributed by atoms with Gasteiger partial charge in [0, 0.05) is 11.3 Å². The largest absolute Gasteiger partial charge is 0.395 e. The fraction of sp³-hybridized carbons (Fsp3) is 0.556. The van der Waals surface area contributed by atoms with Crippen LogP contribution in [-0.2, 0) is 0 Å². The Balaban J connectivity index is 2.75. The summed E-state index contributed by atoms with van der Waals surface area (Å²) in [6.45, 7) is 1.85. The Morgan fingerprint density at radius 1 is 1.69 bits per heavy atom. The van der Waals surface area contributed by atoms with E-state index < -0.39 is 5.82 Å². The Morgan fingerprint density at radius 3 is 2.94 bits per heavy atom. The first kappa shape index (κ1) is 13.5. The van der Waals surface area contributed by atoms with E-state index in [2.05, 4.69) is 15.3 Å². The van der Waals surface area contributed by atoms with Gasteiger partial charge in [-0.2, -0.15) is 16.7 Å². The van der Waals surface area contributed by atoms with Gasteiger partial charge in [0.2, 0.25) is 5.28 Å². The summed E-state index contributed by atoms with van der Waals surface area (Å²) in [5.74, 6) is -0.506. The van der Waals surface area contributed by atoms with Crippen LogP contribution in [0.4, 0.5) is 10.2 Å². The van der Waals surface area contributed by atoms with Crippen molar-refractivity contribution in [1.82, 2.24) is 9.97 Å². The second-order valence-electron chi connectivity index (χ2n) is 3.23. The highest BCUT2D eigenvalue weighted by Gasteiger charge is 2.17. The van der Waals surface area contributed by atoms with Crippen LogP contribution in [0.25, 0.3) is 0 Å². The lowest BCUT2D eigenvalue weighted by molar-refractivity contribution is 0.288. The average molecular weight is 266 g/mol. The van der Waals surface area contributed by atoms with Crippen LogP contribution in [0, 0.1) is 5.82 Å². The van der Waals surface area contributed by atoms with Crippen LogP contribution < -0.4 is 5.32 Å². The zero-order valence-corrected chi connectivity index (χ0v) is 10.5. The molecule has 0 saturated carbocycles. The van der Waals surface area contributed by atoms with E-state index in [0.717, 1.165) is 6.20 Å². The quantitative estimate of drug-likeness (QED) is 0.795. The van der Waals surface area contributed by atoms with Crippen molar-refractivity contribution < 1.29 is 9.50 Å². The number of rotatable bonds is 5. The molecular formula is C9H13ClFN3OS. The lowest BCUT2D eigenvalue weighted by Crippen LogP contribution is -2.31. The summed E-state index contributed by atoms with van der Waals surface area (Å²) in [7, 11) is 0. The average Bonchev–Trinajstić information content (AvgIpc) is 2.25. The van der Waals surface area contributed by atoms with Crippen molar-refractivity contribution >= 4 is 29.2 Å². The van der Waals surface area contributed by atoms with Gasteiger partial charge in [-0.15, -0.1) is 0 Å². The highest BCUT2D eigenvalue weighted by Crippen LogP contribution is 2.17. The summed E-state index contributed by atoms with van der Waals surface area (Å²) in [5.41, 5.74) is 0. The summed E-state index contributed by atoms with van der Waals surface area (Å²) in [6, 6.07) is -0.125. The minimum Gasteiger partial charge on any atom is -0.395 e. The van der Waals surface area contributed by atoms with Gasteiger partial charge >= 0.3 is 0 Å². The molecule has 4 nitrogen and oxygen atoms in total. The van der Waals surface area contributed by atoms with E-state index in [1.165, 1.54) is 11.8 Å². The van der Waals surface area contributed by atoms with E-state index in [1.54, 1.807) is 0 Å². The van der Waals surface area contributed by atoms with Crippen molar-refractivity contribution in [2.45, 2.75) is 18.2 Å². The predicted octanol–water partition coefficient (Wildman–Crippen LogP) is 1.79. The van der Waals surface area contributed by atoms with Crippen molar-refractivity contribution in [3.05, 3.63) is 17.3 Å². The molecule has 2 atom stereocenters. The molecule has 1 aromatic rings. The van der Waals surface area contributed by atoms with Crippen LogP contribution in [0.3, 0.4) is 0 Å². The predicted molar refractivity (Wildman–Crippen MR) is 64.5 cm³/mol. The molecule has 0 radical (unpaired) electrons. The van der Waals surface area contributed by atoms with Gasteiger partial charge < -0.3 is 10.4 Å². The molecule has 0 spiro atoms. The maximum absolute atomic E-state index is 13.3. The van der Waals surface area contributed by atoms with Crippen molar-refractivity contribution in [3.63, 3.8) is 0 Å². The molecule has 0 aromatic carbocycles. The van der Waals surface area contributed by atoms with E-state index in [1.807, 2.05) is 13.2 Å². The molecule has 0 saturated heterocycles. The number of hydrogen-bond donors (Lipinski definition) is 2. The van der Waals surface area contributed by atoms with E-state index in [4.69, 9.17) is 16.7 Å². The molecule has 1 aromatic heterocycles. The molecule has 2 N–H and O–H groups in total. The van der Waals surface area contributed by atoms with Crippen LogP contribution in [0.5, 0.6) is 0 Å². The number of aliphatic hydroxyl groups is 1. The molecule has 0 bridgehead atoms. The number of halogens is 2. The Labute approximate surface area is 103 Å². The Morgan fingerprint density at radius 2 is 2.38 bits per heavy atom. The van der Waals surface area contributed by atoms with Gasteiger partial charge in [0.15, 0.2) is 11.6 Å². The van der Waals surface area contributed by atoms with Gasteiger partial charge in [-0.3, -0.25) is 0 Å². The number of hydrogen-bond acceptors (Lipinski definition) is 5. The van der Waals surface area contributed by atoms with Crippen LogP contribution in [0.1, 0.15) is 6.92 Å². The normalized spacial score (nSPS) is 14.6. The summed E-state index contributed by atoms with van der Waals surface area (Å²) < 4.78 is 13.3. The Kier molecular flexibility index (Phi) is 5.24. The fourth-order valence-electron chi connectivity index (χ4n) is 1.19.